The first-order valence-electron chi connectivity index (χ1n) is 6.70. The van der Waals surface area contributed by atoms with Crippen LogP contribution in [-0.2, 0) is 0 Å². The van der Waals surface area contributed by atoms with Gasteiger partial charge in [-0.1, -0.05) is 6.92 Å². The molecule has 5 nitrogen and oxygen atoms in total. The highest BCUT2D eigenvalue weighted by Crippen LogP contribution is 2.26. The normalized spacial score (nSPS) is 11.2. The van der Waals surface area contributed by atoms with E-state index in [2.05, 4.69) is 37.7 Å². The number of nitrogens with zero attached hydrogens (tertiary/aromatic N) is 1. The first-order valence-corrected chi connectivity index (χ1v) is 7.93. The Balaban J connectivity index is 2.88. The Morgan fingerprint density at radius 3 is 2.35 bits per heavy atom. The summed E-state index contributed by atoms with van der Waals surface area (Å²) in [5.74, 6) is 0. The minimum atomic E-state index is -0.359. The maximum Gasteiger partial charge on any atom is 0.273 e. The van der Waals surface area contributed by atoms with Crippen LogP contribution in [-0.4, -0.2) is 29.0 Å². The number of rotatable bonds is 8. The van der Waals surface area contributed by atoms with Crippen molar-refractivity contribution in [3.05, 3.63) is 28.3 Å². The number of benzene rings is 1. The number of hydrogen-bond acceptors (Lipinski definition) is 5. The zero-order chi connectivity index (χ0) is 15.2. The predicted octanol–water partition coefficient (Wildman–Crippen LogP) is 3.97. The third-order valence-electron chi connectivity index (χ3n) is 2.98. The minimum absolute atomic E-state index is 0.0850. The van der Waals surface area contributed by atoms with Crippen LogP contribution in [0.4, 0.5) is 17.1 Å². The predicted molar refractivity (Wildman–Crippen MR) is 88.0 cm³/mol. The number of thioether (sulfide) groups is 1. The maximum atomic E-state index is 11.0. The van der Waals surface area contributed by atoms with Crippen molar-refractivity contribution >= 4 is 28.8 Å². The summed E-state index contributed by atoms with van der Waals surface area (Å²) in [5.41, 5.74) is 1.67. The molecule has 0 saturated carbocycles. The third kappa shape index (κ3) is 5.28. The summed E-state index contributed by atoms with van der Waals surface area (Å²) in [6.45, 7) is 7.89. The molecule has 0 radical (unpaired) electrons. The van der Waals surface area contributed by atoms with Gasteiger partial charge in [-0.15, -0.1) is 0 Å². The van der Waals surface area contributed by atoms with Gasteiger partial charge in [0.25, 0.3) is 5.69 Å². The summed E-state index contributed by atoms with van der Waals surface area (Å²) < 4.78 is 0.0850. The summed E-state index contributed by atoms with van der Waals surface area (Å²) >= 11 is 1.76. The molecule has 1 aromatic rings. The van der Waals surface area contributed by atoms with Crippen molar-refractivity contribution < 1.29 is 4.92 Å². The average Bonchev–Trinajstić information content (AvgIpc) is 2.43. The highest BCUT2D eigenvalue weighted by Gasteiger charge is 2.16. The van der Waals surface area contributed by atoms with Crippen LogP contribution in [0.15, 0.2) is 18.2 Å². The van der Waals surface area contributed by atoms with Gasteiger partial charge in [-0.05, 0) is 32.6 Å². The fraction of sp³-hybridized carbons (Fsp3) is 0.571. The Kier molecular flexibility index (Phi) is 6.13. The maximum absolute atomic E-state index is 11.0. The summed E-state index contributed by atoms with van der Waals surface area (Å²) in [7, 11) is 0. The topological polar surface area (TPSA) is 67.2 Å². The van der Waals surface area contributed by atoms with Crippen molar-refractivity contribution in [3.8, 4) is 0 Å². The van der Waals surface area contributed by atoms with E-state index in [1.165, 1.54) is 0 Å². The highest BCUT2D eigenvalue weighted by molar-refractivity contribution is 7.99. The van der Waals surface area contributed by atoms with Gasteiger partial charge in [-0.25, -0.2) is 0 Å². The Hall–Kier alpha value is -1.43. The van der Waals surface area contributed by atoms with Crippen molar-refractivity contribution in [2.45, 2.75) is 31.9 Å². The zero-order valence-corrected chi connectivity index (χ0v) is 13.3. The molecule has 6 heteroatoms. The second-order valence-electron chi connectivity index (χ2n) is 5.27. The van der Waals surface area contributed by atoms with Crippen molar-refractivity contribution in [2.24, 2.45) is 0 Å². The van der Waals surface area contributed by atoms with E-state index in [1.807, 2.05) is 6.07 Å². The molecule has 0 aliphatic heterocycles. The zero-order valence-electron chi connectivity index (χ0n) is 12.5. The van der Waals surface area contributed by atoms with E-state index in [0.29, 0.717) is 0 Å². The van der Waals surface area contributed by atoms with Crippen LogP contribution in [0.1, 0.15) is 27.2 Å². The van der Waals surface area contributed by atoms with E-state index >= 15 is 0 Å². The summed E-state index contributed by atoms with van der Waals surface area (Å²) in [6.07, 6.45) is 3.04. The quantitative estimate of drug-likeness (QED) is 0.561. The molecule has 0 atom stereocenters. The molecule has 0 fully saturated rings. The summed E-state index contributed by atoms with van der Waals surface area (Å²) in [5, 5.41) is 17.5. The lowest BCUT2D eigenvalue weighted by molar-refractivity contribution is -0.384. The van der Waals surface area contributed by atoms with Gasteiger partial charge in [0.15, 0.2) is 0 Å². The largest absolute Gasteiger partial charge is 0.385 e. The lowest BCUT2D eigenvalue weighted by Gasteiger charge is -2.23. The fourth-order valence-corrected chi connectivity index (χ4v) is 1.79. The number of anilines is 2. The van der Waals surface area contributed by atoms with Crippen LogP contribution in [0.3, 0.4) is 0 Å². The molecule has 1 aromatic carbocycles. The van der Waals surface area contributed by atoms with E-state index in [-0.39, 0.29) is 15.4 Å². The average molecular weight is 297 g/mol. The molecule has 0 aliphatic rings. The van der Waals surface area contributed by atoms with E-state index in [1.54, 1.807) is 23.9 Å². The molecule has 0 heterocycles. The lowest BCUT2D eigenvalue weighted by Crippen LogP contribution is -2.25. The van der Waals surface area contributed by atoms with Crippen LogP contribution in [0.25, 0.3) is 0 Å². The van der Waals surface area contributed by atoms with E-state index in [0.717, 1.165) is 30.9 Å². The van der Waals surface area contributed by atoms with Gasteiger partial charge in [0.2, 0.25) is 0 Å². The molecule has 1 rings (SSSR count). The molecule has 0 unspecified atom stereocenters. The number of non-ortho nitro benzene ring substituents is 1. The Bertz CT molecular complexity index is 464. The molecule has 0 spiro atoms. The van der Waals surface area contributed by atoms with Gasteiger partial charge < -0.3 is 10.6 Å². The summed E-state index contributed by atoms with van der Waals surface area (Å²) in [6, 6.07) is 5.06. The van der Waals surface area contributed by atoms with Crippen LogP contribution in [0.5, 0.6) is 0 Å². The number of nitrogens with one attached hydrogen (secondary N) is 2. The van der Waals surface area contributed by atoms with Crippen molar-refractivity contribution in [1.82, 2.24) is 0 Å². The van der Waals surface area contributed by atoms with Crippen LogP contribution >= 0.6 is 11.8 Å². The number of nitro groups is 1. The Morgan fingerprint density at radius 2 is 1.85 bits per heavy atom. The first-order chi connectivity index (χ1) is 9.38. The molecule has 0 amide bonds. The highest BCUT2D eigenvalue weighted by atomic mass is 32.2. The lowest BCUT2D eigenvalue weighted by atomic mass is 10.2. The second kappa shape index (κ2) is 7.38. The van der Waals surface area contributed by atoms with Gasteiger partial charge >= 0.3 is 0 Å². The molecule has 0 bridgehead atoms. The van der Waals surface area contributed by atoms with Gasteiger partial charge in [-0.2, -0.15) is 11.8 Å². The molecule has 2 N–H and O–H groups in total. The Morgan fingerprint density at radius 1 is 1.25 bits per heavy atom. The first kappa shape index (κ1) is 16.6. The minimum Gasteiger partial charge on any atom is -0.385 e. The van der Waals surface area contributed by atoms with Crippen LogP contribution < -0.4 is 10.6 Å². The standard InChI is InChI=1S/C14H23N3O2S/c1-5-6-15-11-7-12(9-13(8-11)17(18)19)16-10-14(2,3)20-4/h7-9,15-16H,5-6,10H2,1-4H3. The molecule has 20 heavy (non-hydrogen) atoms. The molecule has 0 saturated heterocycles. The van der Waals surface area contributed by atoms with Crippen molar-refractivity contribution in [3.63, 3.8) is 0 Å². The smallest absolute Gasteiger partial charge is 0.273 e. The van der Waals surface area contributed by atoms with Gasteiger partial charge in [0.1, 0.15) is 0 Å². The summed E-state index contributed by atoms with van der Waals surface area (Å²) in [4.78, 5) is 10.6. The van der Waals surface area contributed by atoms with E-state index in [4.69, 9.17) is 0 Å². The number of hydrogen-bond donors (Lipinski definition) is 2. The van der Waals surface area contributed by atoms with Crippen molar-refractivity contribution in [1.29, 1.82) is 0 Å². The molecule has 0 aliphatic carbocycles. The van der Waals surface area contributed by atoms with Gasteiger partial charge in [0, 0.05) is 41.3 Å². The number of nitro benzene ring substituents is 1. The molecule has 112 valence electrons. The van der Waals surface area contributed by atoms with Crippen LogP contribution in [0.2, 0.25) is 0 Å². The molecule has 0 aromatic heterocycles. The monoisotopic (exact) mass is 297 g/mol. The SMILES string of the molecule is CCCNc1cc(NCC(C)(C)SC)cc([N+](=O)[O-])c1. The van der Waals surface area contributed by atoms with E-state index in [9.17, 15) is 10.1 Å². The third-order valence-corrected chi connectivity index (χ3v) is 4.23. The van der Waals surface area contributed by atoms with Gasteiger partial charge in [-0.3, -0.25) is 10.1 Å². The molecular weight excluding hydrogens is 274 g/mol. The van der Waals surface area contributed by atoms with E-state index < -0.39 is 0 Å². The Labute approximate surface area is 124 Å². The van der Waals surface area contributed by atoms with Crippen LogP contribution in [0, 0.1) is 10.1 Å². The fourth-order valence-electron chi connectivity index (χ4n) is 1.58. The molecular formula is C14H23N3O2S. The van der Waals surface area contributed by atoms with Crippen molar-refractivity contribution in [2.75, 3.05) is 30.0 Å². The van der Waals surface area contributed by atoms with Gasteiger partial charge in [0.05, 0.1) is 4.92 Å². The second-order valence-corrected chi connectivity index (χ2v) is 6.78.